The summed E-state index contributed by atoms with van der Waals surface area (Å²) in [7, 11) is 0. The number of rotatable bonds is 4. The maximum absolute atomic E-state index is 12.6. The van der Waals surface area contributed by atoms with Gasteiger partial charge in [0.05, 0.1) is 18.7 Å². The highest BCUT2D eigenvalue weighted by Gasteiger charge is 2.28. The molecule has 0 saturated carbocycles. The fourth-order valence-corrected chi connectivity index (χ4v) is 3.72. The Kier molecular flexibility index (Phi) is 5.41. The molecule has 3 heterocycles. The minimum Gasteiger partial charge on any atom is -0.348 e. The van der Waals surface area contributed by atoms with E-state index in [4.69, 9.17) is 0 Å². The van der Waals surface area contributed by atoms with Crippen LogP contribution < -0.4 is 5.32 Å². The predicted octanol–water partition coefficient (Wildman–Crippen LogP) is 2.18. The van der Waals surface area contributed by atoms with Gasteiger partial charge in [-0.1, -0.05) is 12.1 Å². The van der Waals surface area contributed by atoms with Crippen LogP contribution in [0.5, 0.6) is 0 Å². The van der Waals surface area contributed by atoms with Crippen LogP contribution in [0.15, 0.2) is 55.5 Å². The first-order chi connectivity index (χ1) is 14.1. The van der Waals surface area contributed by atoms with E-state index in [1.54, 1.807) is 23.8 Å². The van der Waals surface area contributed by atoms with Gasteiger partial charge in [-0.25, -0.2) is 9.97 Å². The van der Waals surface area contributed by atoms with Gasteiger partial charge >= 0.3 is 11.8 Å². The molecule has 0 radical (unpaired) electrons. The third-order valence-corrected chi connectivity index (χ3v) is 5.48. The number of aromatic nitrogens is 4. The molecule has 0 aliphatic carbocycles. The van der Waals surface area contributed by atoms with E-state index < -0.39 is 11.8 Å². The number of hydrogen-bond acceptors (Lipinski definition) is 4. The Bertz CT molecular complexity index is 942. The van der Waals surface area contributed by atoms with Crippen molar-refractivity contribution >= 4 is 11.8 Å². The number of likely N-dealkylation sites (tertiary alicyclic amines) is 1. The second kappa shape index (κ2) is 8.30. The fraction of sp³-hybridized carbons (Fsp3) is 0.333. The van der Waals surface area contributed by atoms with Crippen molar-refractivity contribution in [3.63, 3.8) is 0 Å². The van der Waals surface area contributed by atoms with Crippen LogP contribution in [-0.2, 0) is 9.59 Å². The average Bonchev–Trinajstić information content (AvgIpc) is 3.47. The molecule has 1 aliphatic heterocycles. The van der Waals surface area contributed by atoms with Crippen LogP contribution in [0.1, 0.15) is 43.0 Å². The summed E-state index contributed by atoms with van der Waals surface area (Å²) in [6.07, 6.45) is 10.5. The lowest BCUT2D eigenvalue weighted by Crippen LogP contribution is -2.46. The van der Waals surface area contributed by atoms with Gasteiger partial charge in [-0.2, -0.15) is 0 Å². The molecule has 2 N–H and O–H groups in total. The van der Waals surface area contributed by atoms with E-state index in [9.17, 15) is 9.59 Å². The summed E-state index contributed by atoms with van der Waals surface area (Å²) in [6.45, 7) is 3.02. The number of imidazole rings is 2. The molecule has 4 rings (SSSR count). The van der Waals surface area contributed by atoms with Crippen LogP contribution in [0.3, 0.4) is 0 Å². The van der Waals surface area contributed by atoms with E-state index >= 15 is 0 Å². The molecule has 1 fully saturated rings. The second-order valence-corrected chi connectivity index (χ2v) is 7.33. The molecule has 0 bridgehead atoms. The molecule has 3 aromatic rings. The van der Waals surface area contributed by atoms with Gasteiger partial charge in [-0.3, -0.25) is 9.59 Å². The molecule has 150 valence electrons. The Morgan fingerprint density at radius 3 is 2.55 bits per heavy atom. The molecule has 1 aliphatic rings. The molecule has 1 aromatic carbocycles. The van der Waals surface area contributed by atoms with E-state index in [1.807, 2.05) is 48.1 Å². The Hall–Kier alpha value is -3.42. The van der Waals surface area contributed by atoms with Gasteiger partial charge in [0.1, 0.15) is 0 Å². The van der Waals surface area contributed by atoms with Gasteiger partial charge in [-0.15, -0.1) is 0 Å². The average molecular weight is 392 g/mol. The van der Waals surface area contributed by atoms with Crippen molar-refractivity contribution in [1.82, 2.24) is 29.7 Å². The minimum atomic E-state index is -0.559. The van der Waals surface area contributed by atoms with Crippen molar-refractivity contribution in [1.29, 1.82) is 0 Å². The molecule has 29 heavy (non-hydrogen) atoms. The van der Waals surface area contributed by atoms with Gasteiger partial charge in [0, 0.05) is 49.0 Å². The van der Waals surface area contributed by atoms with Gasteiger partial charge < -0.3 is 19.8 Å². The van der Waals surface area contributed by atoms with Crippen LogP contribution in [-0.4, -0.2) is 49.3 Å². The molecule has 1 unspecified atom stereocenters. The van der Waals surface area contributed by atoms with E-state index in [0.29, 0.717) is 19.0 Å². The lowest BCUT2D eigenvalue weighted by Gasteiger charge is -2.31. The molecule has 2 amide bonds. The summed E-state index contributed by atoms with van der Waals surface area (Å²) < 4.78 is 1.91. The Balaban J connectivity index is 1.31. The van der Waals surface area contributed by atoms with E-state index in [2.05, 4.69) is 20.3 Å². The predicted molar refractivity (Wildman–Crippen MR) is 107 cm³/mol. The number of carbonyl (C=O) groups is 2. The minimum absolute atomic E-state index is 0.259. The monoisotopic (exact) mass is 392 g/mol. The van der Waals surface area contributed by atoms with Crippen molar-refractivity contribution in [2.24, 2.45) is 0 Å². The van der Waals surface area contributed by atoms with Crippen LogP contribution in [0, 0.1) is 0 Å². The smallest absolute Gasteiger partial charge is 0.311 e. The third kappa shape index (κ3) is 4.21. The first-order valence-electron chi connectivity index (χ1n) is 9.78. The van der Waals surface area contributed by atoms with Crippen LogP contribution in [0.4, 0.5) is 0 Å². The Morgan fingerprint density at radius 1 is 1.17 bits per heavy atom. The van der Waals surface area contributed by atoms with Crippen molar-refractivity contribution in [2.75, 3.05) is 13.1 Å². The van der Waals surface area contributed by atoms with E-state index in [0.717, 1.165) is 29.8 Å². The number of H-pyrrole nitrogens is 1. The molecule has 1 saturated heterocycles. The number of carbonyl (C=O) groups excluding carboxylic acids is 2. The number of nitrogens with zero attached hydrogens (tertiary/aromatic N) is 4. The Morgan fingerprint density at radius 2 is 1.93 bits per heavy atom. The Labute approximate surface area is 169 Å². The molecule has 0 spiro atoms. The number of hydrogen-bond donors (Lipinski definition) is 2. The summed E-state index contributed by atoms with van der Waals surface area (Å²) in [5, 5.41) is 2.82. The summed E-state index contributed by atoms with van der Waals surface area (Å²) in [4.78, 5) is 37.9. The molecule has 2 aromatic heterocycles. The highest BCUT2D eigenvalue weighted by atomic mass is 16.2. The van der Waals surface area contributed by atoms with E-state index in [1.165, 1.54) is 0 Å². The zero-order valence-corrected chi connectivity index (χ0v) is 16.3. The maximum atomic E-state index is 12.6. The number of aromatic amines is 1. The highest BCUT2D eigenvalue weighted by molar-refractivity contribution is 6.35. The largest absolute Gasteiger partial charge is 0.348 e. The van der Waals surface area contributed by atoms with Crippen molar-refractivity contribution in [3.05, 3.63) is 66.8 Å². The number of amides is 2. The first kappa shape index (κ1) is 18.9. The fourth-order valence-electron chi connectivity index (χ4n) is 3.72. The number of piperidine rings is 1. The standard InChI is InChI=1S/C21H24N6O2/c1-15(16-2-4-18(5-3-16)27-11-8-22-14-27)25-20(28)21(29)26-9-6-17(7-10-26)19-12-23-13-24-19/h2-5,8,11-15,17H,6-7,9-10H2,1H3,(H,23,24)(H,25,28). The number of benzene rings is 1. The summed E-state index contributed by atoms with van der Waals surface area (Å²) >= 11 is 0. The summed E-state index contributed by atoms with van der Waals surface area (Å²) in [5.74, 6) is -0.663. The van der Waals surface area contributed by atoms with Crippen molar-refractivity contribution in [3.8, 4) is 5.69 Å². The van der Waals surface area contributed by atoms with Gasteiger partial charge in [0.25, 0.3) is 0 Å². The lowest BCUT2D eigenvalue weighted by molar-refractivity contribution is -0.146. The quantitative estimate of drug-likeness (QED) is 0.665. The first-order valence-corrected chi connectivity index (χ1v) is 9.78. The SMILES string of the molecule is CC(NC(=O)C(=O)N1CCC(c2cnc[nH]2)CC1)c1ccc(-n2ccnc2)cc1. The normalized spacial score (nSPS) is 15.8. The van der Waals surface area contributed by atoms with Gasteiger partial charge in [0.2, 0.25) is 0 Å². The van der Waals surface area contributed by atoms with Crippen LogP contribution >= 0.6 is 0 Å². The maximum Gasteiger partial charge on any atom is 0.311 e. The van der Waals surface area contributed by atoms with E-state index in [-0.39, 0.29) is 6.04 Å². The van der Waals surface area contributed by atoms with Crippen molar-refractivity contribution in [2.45, 2.75) is 31.7 Å². The van der Waals surface area contributed by atoms with Crippen LogP contribution in [0.2, 0.25) is 0 Å². The zero-order chi connectivity index (χ0) is 20.2. The molecular weight excluding hydrogens is 368 g/mol. The topological polar surface area (TPSA) is 95.9 Å². The molecule has 8 heteroatoms. The molecule has 1 atom stereocenters. The number of nitrogens with one attached hydrogen (secondary N) is 2. The lowest BCUT2D eigenvalue weighted by atomic mass is 9.94. The van der Waals surface area contributed by atoms with Gasteiger partial charge in [-0.05, 0) is 37.5 Å². The molecular formula is C21H24N6O2. The zero-order valence-electron chi connectivity index (χ0n) is 16.3. The van der Waals surface area contributed by atoms with Gasteiger partial charge in [0.15, 0.2) is 0 Å². The highest BCUT2D eigenvalue weighted by Crippen LogP contribution is 2.26. The third-order valence-electron chi connectivity index (χ3n) is 5.48. The molecule has 8 nitrogen and oxygen atoms in total. The second-order valence-electron chi connectivity index (χ2n) is 7.33. The van der Waals surface area contributed by atoms with Crippen LogP contribution in [0.25, 0.3) is 5.69 Å². The summed E-state index contributed by atoms with van der Waals surface area (Å²) in [5.41, 5.74) is 3.02. The summed E-state index contributed by atoms with van der Waals surface area (Å²) in [6, 6.07) is 7.55. The van der Waals surface area contributed by atoms with Crippen molar-refractivity contribution < 1.29 is 9.59 Å².